The molecule has 27 heavy (non-hydrogen) atoms. The number of rotatable bonds is 6. The molecule has 2 aromatic carbocycles. The maximum atomic E-state index is 11.6. The minimum atomic E-state index is -0.363. The number of esters is 1. The van der Waals surface area contributed by atoms with Crippen molar-refractivity contribution in [3.8, 4) is 0 Å². The molecule has 0 fully saturated rings. The standard InChI is InChI=1S/C21H25N3O2S/c1-15-13-16-7-3-4-10-19(16)24(15)12-6-11-22-21(27)23-18-9-5-8-17(14-18)20(25)26-2/h3-5,7-10,14-15H,6,11-13H2,1-2H3,(H2,22,23,27)/t15-/m1/s1. The Morgan fingerprint density at radius 1 is 1.26 bits per heavy atom. The van der Waals surface area contributed by atoms with Crippen LogP contribution in [-0.2, 0) is 11.2 Å². The molecule has 2 aromatic rings. The van der Waals surface area contributed by atoms with Gasteiger partial charge >= 0.3 is 5.97 Å². The fraction of sp³-hybridized carbons (Fsp3) is 0.333. The number of hydrogen-bond donors (Lipinski definition) is 2. The number of methoxy groups -OCH3 is 1. The van der Waals surface area contributed by atoms with Crippen LogP contribution in [0.25, 0.3) is 0 Å². The lowest BCUT2D eigenvalue weighted by Crippen LogP contribution is -2.34. The van der Waals surface area contributed by atoms with Crippen molar-refractivity contribution in [1.82, 2.24) is 5.32 Å². The number of thiocarbonyl (C=S) groups is 1. The van der Waals surface area contributed by atoms with Gasteiger partial charge in [-0.25, -0.2) is 4.79 Å². The van der Waals surface area contributed by atoms with Gasteiger partial charge in [0.15, 0.2) is 5.11 Å². The molecule has 0 aliphatic carbocycles. The van der Waals surface area contributed by atoms with Gasteiger partial charge in [0.25, 0.3) is 0 Å². The van der Waals surface area contributed by atoms with Gasteiger partial charge < -0.3 is 20.3 Å². The maximum absolute atomic E-state index is 11.6. The average molecular weight is 384 g/mol. The van der Waals surface area contributed by atoms with Gasteiger partial charge in [0.2, 0.25) is 0 Å². The number of anilines is 2. The number of benzene rings is 2. The molecule has 3 rings (SSSR count). The van der Waals surface area contributed by atoms with Gasteiger partial charge in [-0.05, 0) is 61.8 Å². The van der Waals surface area contributed by atoms with Crippen LogP contribution >= 0.6 is 12.2 Å². The van der Waals surface area contributed by atoms with Crippen molar-refractivity contribution in [2.45, 2.75) is 25.8 Å². The van der Waals surface area contributed by atoms with Crippen LogP contribution in [-0.4, -0.2) is 37.3 Å². The number of hydrogen-bond acceptors (Lipinski definition) is 4. The van der Waals surface area contributed by atoms with Crippen molar-refractivity contribution in [2.75, 3.05) is 30.4 Å². The zero-order chi connectivity index (χ0) is 19.2. The first kappa shape index (κ1) is 19.2. The maximum Gasteiger partial charge on any atom is 0.337 e. The third kappa shape index (κ3) is 4.77. The summed E-state index contributed by atoms with van der Waals surface area (Å²) in [6, 6.07) is 16.3. The Hall–Kier alpha value is -2.60. The number of carbonyl (C=O) groups is 1. The smallest absolute Gasteiger partial charge is 0.337 e. The van der Waals surface area contributed by atoms with E-state index in [4.69, 9.17) is 17.0 Å². The van der Waals surface area contributed by atoms with Crippen LogP contribution in [0.1, 0.15) is 29.3 Å². The predicted octanol–water partition coefficient (Wildman–Crippen LogP) is 3.60. The molecular formula is C21H25N3O2S. The van der Waals surface area contributed by atoms with Gasteiger partial charge in [-0.2, -0.15) is 0 Å². The highest BCUT2D eigenvalue weighted by Gasteiger charge is 2.24. The van der Waals surface area contributed by atoms with Crippen LogP contribution in [0.15, 0.2) is 48.5 Å². The lowest BCUT2D eigenvalue weighted by molar-refractivity contribution is 0.0601. The summed E-state index contributed by atoms with van der Waals surface area (Å²) in [4.78, 5) is 14.1. The molecule has 142 valence electrons. The summed E-state index contributed by atoms with van der Waals surface area (Å²) < 4.78 is 4.74. The molecule has 1 aliphatic rings. The van der Waals surface area contributed by atoms with Crippen LogP contribution in [0, 0.1) is 0 Å². The molecule has 5 nitrogen and oxygen atoms in total. The van der Waals surface area contributed by atoms with Gasteiger partial charge in [0.1, 0.15) is 0 Å². The zero-order valence-electron chi connectivity index (χ0n) is 15.7. The summed E-state index contributed by atoms with van der Waals surface area (Å²) >= 11 is 5.36. The Balaban J connectivity index is 1.45. The molecule has 1 aliphatic heterocycles. The molecule has 0 bridgehead atoms. The second-order valence-electron chi connectivity index (χ2n) is 6.68. The fourth-order valence-electron chi connectivity index (χ4n) is 3.44. The number of ether oxygens (including phenoxy) is 1. The van der Waals surface area contributed by atoms with E-state index >= 15 is 0 Å². The van der Waals surface area contributed by atoms with E-state index in [0.29, 0.717) is 16.7 Å². The number of nitrogens with one attached hydrogen (secondary N) is 2. The third-order valence-electron chi connectivity index (χ3n) is 4.75. The van der Waals surface area contributed by atoms with E-state index in [1.165, 1.54) is 18.4 Å². The lowest BCUT2D eigenvalue weighted by atomic mass is 10.1. The van der Waals surface area contributed by atoms with Gasteiger partial charge in [-0.15, -0.1) is 0 Å². The Labute approximate surface area is 165 Å². The van der Waals surface area contributed by atoms with E-state index in [0.717, 1.165) is 31.6 Å². The monoisotopic (exact) mass is 383 g/mol. The molecule has 0 saturated heterocycles. The number of carbonyl (C=O) groups excluding carboxylic acids is 1. The second kappa shape index (κ2) is 8.86. The second-order valence-corrected chi connectivity index (χ2v) is 7.09. The topological polar surface area (TPSA) is 53.6 Å². The van der Waals surface area contributed by atoms with Crippen molar-refractivity contribution < 1.29 is 9.53 Å². The van der Waals surface area contributed by atoms with E-state index in [-0.39, 0.29) is 5.97 Å². The van der Waals surface area contributed by atoms with Gasteiger partial charge in [-0.1, -0.05) is 24.3 Å². The van der Waals surface area contributed by atoms with Crippen molar-refractivity contribution in [2.24, 2.45) is 0 Å². The van der Waals surface area contributed by atoms with E-state index in [1.54, 1.807) is 18.2 Å². The minimum absolute atomic E-state index is 0.363. The number of fused-ring (bicyclic) bond motifs is 1. The van der Waals surface area contributed by atoms with Crippen LogP contribution in [0.4, 0.5) is 11.4 Å². The average Bonchev–Trinajstić information content (AvgIpc) is 3.00. The van der Waals surface area contributed by atoms with E-state index in [2.05, 4.69) is 46.7 Å². The van der Waals surface area contributed by atoms with Crippen molar-refractivity contribution in [3.05, 3.63) is 59.7 Å². The quantitative estimate of drug-likeness (QED) is 0.452. The van der Waals surface area contributed by atoms with Crippen LogP contribution in [0.5, 0.6) is 0 Å². The molecule has 0 aromatic heterocycles. The molecule has 0 unspecified atom stereocenters. The van der Waals surface area contributed by atoms with E-state index in [1.807, 2.05) is 6.07 Å². The van der Waals surface area contributed by atoms with Crippen molar-refractivity contribution >= 4 is 34.7 Å². The normalized spacial score (nSPS) is 15.2. The summed E-state index contributed by atoms with van der Waals surface area (Å²) in [6.45, 7) is 4.05. The highest BCUT2D eigenvalue weighted by Crippen LogP contribution is 2.31. The number of nitrogens with zero attached hydrogens (tertiary/aromatic N) is 1. The zero-order valence-corrected chi connectivity index (χ0v) is 16.5. The minimum Gasteiger partial charge on any atom is -0.465 e. The molecular weight excluding hydrogens is 358 g/mol. The predicted molar refractivity (Wildman–Crippen MR) is 114 cm³/mol. The van der Waals surface area contributed by atoms with Crippen molar-refractivity contribution in [1.29, 1.82) is 0 Å². The summed E-state index contributed by atoms with van der Waals surface area (Å²) in [7, 11) is 1.37. The number of para-hydroxylation sites is 1. The first-order chi connectivity index (χ1) is 13.1. The molecule has 0 amide bonds. The summed E-state index contributed by atoms with van der Waals surface area (Å²) in [6.07, 6.45) is 2.10. The fourth-order valence-corrected chi connectivity index (χ4v) is 3.66. The Kier molecular flexibility index (Phi) is 6.29. The third-order valence-corrected chi connectivity index (χ3v) is 5.00. The molecule has 2 N–H and O–H groups in total. The largest absolute Gasteiger partial charge is 0.465 e. The Morgan fingerprint density at radius 2 is 2.07 bits per heavy atom. The van der Waals surface area contributed by atoms with Gasteiger partial charge in [0.05, 0.1) is 12.7 Å². The summed E-state index contributed by atoms with van der Waals surface area (Å²) in [5.41, 5.74) is 4.04. The van der Waals surface area contributed by atoms with Gasteiger partial charge in [-0.3, -0.25) is 0 Å². The molecule has 0 saturated carbocycles. The van der Waals surface area contributed by atoms with Gasteiger partial charge in [0, 0.05) is 30.5 Å². The van der Waals surface area contributed by atoms with E-state index in [9.17, 15) is 4.79 Å². The molecule has 1 heterocycles. The lowest BCUT2D eigenvalue weighted by Gasteiger charge is -2.25. The first-order valence-corrected chi connectivity index (χ1v) is 9.57. The highest BCUT2D eigenvalue weighted by atomic mass is 32.1. The Morgan fingerprint density at radius 3 is 2.89 bits per heavy atom. The molecule has 0 spiro atoms. The van der Waals surface area contributed by atoms with Crippen molar-refractivity contribution in [3.63, 3.8) is 0 Å². The first-order valence-electron chi connectivity index (χ1n) is 9.16. The van der Waals surface area contributed by atoms with Crippen LogP contribution in [0.3, 0.4) is 0 Å². The van der Waals surface area contributed by atoms with E-state index < -0.39 is 0 Å². The highest BCUT2D eigenvalue weighted by molar-refractivity contribution is 7.80. The van der Waals surface area contributed by atoms with Crippen LogP contribution < -0.4 is 15.5 Å². The Bertz CT molecular complexity index is 825. The SMILES string of the molecule is COC(=O)c1cccc(NC(=S)NCCCN2c3ccccc3C[C@H]2C)c1. The summed E-state index contributed by atoms with van der Waals surface area (Å²) in [5, 5.41) is 6.90. The van der Waals surface area contributed by atoms with Crippen LogP contribution in [0.2, 0.25) is 0 Å². The molecule has 6 heteroatoms. The summed E-state index contributed by atoms with van der Waals surface area (Å²) in [5.74, 6) is -0.363. The molecule has 1 atom stereocenters. The molecule has 0 radical (unpaired) electrons.